The quantitative estimate of drug-likeness (QED) is 0.859. The van der Waals surface area contributed by atoms with Gasteiger partial charge < -0.3 is 5.32 Å². The number of carbonyl (C=O) groups is 1. The maximum Gasteiger partial charge on any atom is 0.255 e. The molecule has 3 nitrogen and oxygen atoms in total. The van der Waals surface area contributed by atoms with Crippen LogP contribution < -0.4 is 5.32 Å². The number of hydrogen-bond donors (Lipinski definition) is 1. The van der Waals surface area contributed by atoms with Gasteiger partial charge in [0.1, 0.15) is 4.60 Å². The van der Waals surface area contributed by atoms with Crippen LogP contribution in [0, 0.1) is 13.8 Å². The summed E-state index contributed by atoms with van der Waals surface area (Å²) in [5.41, 5.74) is 3.66. The summed E-state index contributed by atoms with van der Waals surface area (Å²) in [6, 6.07) is 9.23. The second kappa shape index (κ2) is 5.31. The first kappa shape index (κ1) is 12.8. The number of halogens is 1. The SMILES string of the molecule is Cc1cccc(NC(=O)c2ccnc(Br)c2)c1C. The van der Waals surface area contributed by atoms with Gasteiger partial charge in [0.2, 0.25) is 0 Å². The maximum absolute atomic E-state index is 12.1. The highest BCUT2D eigenvalue weighted by molar-refractivity contribution is 9.10. The number of anilines is 1. The van der Waals surface area contributed by atoms with Crippen LogP contribution in [-0.4, -0.2) is 10.9 Å². The number of nitrogens with zero attached hydrogens (tertiary/aromatic N) is 1. The van der Waals surface area contributed by atoms with Crippen LogP contribution in [0.15, 0.2) is 41.1 Å². The van der Waals surface area contributed by atoms with E-state index in [1.165, 1.54) is 0 Å². The minimum atomic E-state index is -0.133. The lowest BCUT2D eigenvalue weighted by Gasteiger charge is -2.10. The number of pyridine rings is 1. The number of amides is 1. The molecule has 0 saturated carbocycles. The van der Waals surface area contributed by atoms with Crippen molar-refractivity contribution in [2.75, 3.05) is 5.32 Å². The van der Waals surface area contributed by atoms with Crippen LogP contribution in [0.3, 0.4) is 0 Å². The molecule has 0 fully saturated rings. The minimum Gasteiger partial charge on any atom is -0.322 e. The molecule has 0 atom stereocenters. The highest BCUT2D eigenvalue weighted by Gasteiger charge is 2.08. The predicted molar refractivity (Wildman–Crippen MR) is 75.8 cm³/mol. The number of hydrogen-bond acceptors (Lipinski definition) is 2. The Morgan fingerprint density at radius 2 is 2.06 bits per heavy atom. The van der Waals surface area contributed by atoms with Crippen molar-refractivity contribution < 1.29 is 4.79 Å². The van der Waals surface area contributed by atoms with E-state index in [-0.39, 0.29) is 5.91 Å². The molecule has 0 spiro atoms. The molecule has 1 heterocycles. The number of rotatable bonds is 2. The lowest BCUT2D eigenvalue weighted by Crippen LogP contribution is -2.13. The van der Waals surface area contributed by atoms with E-state index in [0.717, 1.165) is 16.8 Å². The molecular weight excluding hydrogens is 292 g/mol. The third-order valence-corrected chi connectivity index (χ3v) is 3.28. The van der Waals surface area contributed by atoms with E-state index in [0.29, 0.717) is 10.2 Å². The maximum atomic E-state index is 12.1. The predicted octanol–water partition coefficient (Wildman–Crippen LogP) is 3.71. The molecule has 92 valence electrons. The number of aromatic nitrogens is 1. The van der Waals surface area contributed by atoms with Crippen molar-refractivity contribution in [3.05, 3.63) is 57.8 Å². The van der Waals surface area contributed by atoms with Crippen molar-refractivity contribution in [2.24, 2.45) is 0 Å². The molecule has 1 aromatic heterocycles. The molecule has 0 aliphatic carbocycles. The molecule has 2 rings (SSSR count). The lowest BCUT2D eigenvalue weighted by molar-refractivity contribution is 0.102. The Bertz CT molecular complexity index is 596. The van der Waals surface area contributed by atoms with Crippen LogP contribution in [0.4, 0.5) is 5.69 Å². The van der Waals surface area contributed by atoms with E-state index in [2.05, 4.69) is 26.2 Å². The zero-order valence-electron chi connectivity index (χ0n) is 10.2. The second-order valence-corrected chi connectivity index (χ2v) is 4.88. The molecule has 1 N–H and O–H groups in total. The largest absolute Gasteiger partial charge is 0.322 e. The Kier molecular flexibility index (Phi) is 3.77. The Labute approximate surface area is 114 Å². The van der Waals surface area contributed by atoms with Crippen LogP contribution in [0.5, 0.6) is 0 Å². The van der Waals surface area contributed by atoms with Crippen LogP contribution >= 0.6 is 15.9 Å². The summed E-state index contributed by atoms with van der Waals surface area (Å²) < 4.78 is 0.649. The van der Waals surface area contributed by atoms with Gasteiger partial charge in [-0.05, 0) is 59.1 Å². The number of aryl methyl sites for hydroxylation is 1. The van der Waals surface area contributed by atoms with Crippen molar-refractivity contribution in [2.45, 2.75) is 13.8 Å². The Balaban J connectivity index is 2.24. The summed E-state index contributed by atoms with van der Waals surface area (Å²) in [5.74, 6) is -0.133. The second-order valence-electron chi connectivity index (χ2n) is 4.07. The summed E-state index contributed by atoms with van der Waals surface area (Å²) in [6.45, 7) is 4.02. The van der Waals surface area contributed by atoms with E-state index >= 15 is 0 Å². The lowest BCUT2D eigenvalue weighted by atomic mass is 10.1. The molecule has 0 unspecified atom stereocenters. The van der Waals surface area contributed by atoms with Crippen LogP contribution in [0.1, 0.15) is 21.5 Å². The third-order valence-electron chi connectivity index (χ3n) is 2.84. The van der Waals surface area contributed by atoms with Crippen LogP contribution in [-0.2, 0) is 0 Å². The zero-order valence-corrected chi connectivity index (χ0v) is 11.8. The summed E-state index contributed by atoms with van der Waals surface area (Å²) in [5, 5.41) is 2.91. The van der Waals surface area contributed by atoms with Gasteiger partial charge in [-0.2, -0.15) is 0 Å². The average molecular weight is 305 g/mol. The molecule has 0 bridgehead atoms. The van der Waals surface area contributed by atoms with Gasteiger partial charge in [0, 0.05) is 17.4 Å². The van der Waals surface area contributed by atoms with Gasteiger partial charge in [-0.15, -0.1) is 0 Å². The Morgan fingerprint density at radius 1 is 1.28 bits per heavy atom. The fourth-order valence-corrected chi connectivity index (χ4v) is 1.99. The molecule has 0 aliphatic rings. The Hall–Kier alpha value is -1.68. The van der Waals surface area contributed by atoms with Crippen LogP contribution in [0.2, 0.25) is 0 Å². The average Bonchev–Trinajstić information content (AvgIpc) is 2.35. The molecule has 0 radical (unpaired) electrons. The van der Waals surface area contributed by atoms with Gasteiger partial charge in [-0.1, -0.05) is 12.1 Å². The number of carbonyl (C=O) groups excluding carboxylic acids is 1. The van der Waals surface area contributed by atoms with E-state index in [1.54, 1.807) is 18.3 Å². The topological polar surface area (TPSA) is 42.0 Å². The molecule has 18 heavy (non-hydrogen) atoms. The van der Waals surface area contributed by atoms with Crippen molar-refractivity contribution in [1.29, 1.82) is 0 Å². The van der Waals surface area contributed by atoms with Crippen LogP contribution in [0.25, 0.3) is 0 Å². The smallest absolute Gasteiger partial charge is 0.255 e. The van der Waals surface area contributed by atoms with Gasteiger partial charge in [-0.25, -0.2) is 4.98 Å². The molecular formula is C14H13BrN2O. The molecule has 1 amide bonds. The number of nitrogens with one attached hydrogen (secondary N) is 1. The summed E-state index contributed by atoms with van der Waals surface area (Å²) in [7, 11) is 0. The van der Waals surface area contributed by atoms with Gasteiger partial charge >= 0.3 is 0 Å². The highest BCUT2D eigenvalue weighted by atomic mass is 79.9. The fraction of sp³-hybridized carbons (Fsp3) is 0.143. The van der Waals surface area contributed by atoms with Crippen molar-refractivity contribution >= 4 is 27.5 Å². The molecule has 4 heteroatoms. The zero-order chi connectivity index (χ0) is 13.1. The molecule has 2 aromatic rings. The van der Waals surface area contributed by atoms with E-state index in [1.807, 2.05) is 32.0 Å². The Morgan fingerprint density at radius 3 is 2.78 bits per heavy atom. The van der Waals surface area contributed by atoms with Crippen molar-refractivity contribution in [1.82, 2.24) is 4.98 Å². The van der Waals surface area contributed by atoms with Gasteiger partial charge in [0.25, 0.3) is 5.91 Å². The van der Waals surface area contributed by atoms with E-state index in [4.69, 9.17) is 0 Å². The van der Waals surface area contributed by atoms with Gasteiger partial charge in [-0.3, -0.25) is 4.79 Å². The third kappa shape index (κ3) is 2.76. The molecule has 0 aliphatic heterocycles. The molecule has 0 saturated heterocycles. The van der Waals surface area contributed by atoms with Crippen molar-refractivity contribution in [3.8, 4) is 0 Å². The first-order chi connectivity index (χ1) is 8.58. The monoisotopic (exact) mass is 304 g/mol. The van der Waals surface area contributed by atoms with E-state index in [9.17, 15) is 4.79 Å². The summed E-state index contributed by atoms with van der Waals surface area (Å²) in [4.78, 5) is 16.1. The summed E-state index contributed by atoms with van der Waals surface area (Å²) in [6.07, 6.45) is 1.60. The fourth-order valence-electron chi connectivity index (χ4n) is 1.62. The first-order valence-corrected chi connectivity index (χ1v) is 6.36. The van der Waals surface area contributed by atoms with Gasteiger partial charge in [0.15, 0.2) is 0 Å². The standard InChI is InChI=1S/C14H13BrN2O/c1-9-4-3-5-12(10(9)2)17-14(18)11-6-7-16-13(15)8-11/h3-8H,1-2H3,(H,17,18). The van der Waals surface area contributed by atoms with Crippen molar-refractivity contribution in [3.63, 3.8) is 0 Å². The van der Waals surface area contributed by atoms with Gasteiger partial charge in [0.05, 0.1) is 0 Å². The first-order valence-electron chi connectivity index (χ1n) is 5.57. The minimum absolute atomic E-state index is 0.133. The molecule has 1 aromatic carbocycles. The number of benzene rings is 1. The van der Waals surface area contributed by atoms with E-state index < -0.39 is 0 Å². The summed E-state index contributed by atoms with van der Waals surface area (Å²) >= 11 is 3.25. The normalized spacial score (nSPS) is 10.2. The highest BCUT2D eigenvalue weighted by Crippen LogP contribution is 2.19.